The monoisotopic (exact) mass is 329 g/mol. The van der Waals surface area contributed by atoms with E-state index >= 15 is 0 Å². The molecular weight excluding hydrogens is 321 g/mol. The summed E-state index contributed by atoms with van der Waals surface area (Å²) in [4.78, 5) is 0. The Morgan fingerprint density at radius 2 is 2.06 bits per heavy atom. The first-order valence-electron chi connectivity index (χ1n) is 5.22. The molecule has 2 N–H and O–H groups in total. The Bertz CT molecular complexity index is 577. The summed E-state index contributed by atoms with van der Waals surface area (Å²) < 4.78 is 19.4. The highest BCUT2D eigenvalue weighted by Crippen LogP contribution is 2.33. The van der Waals surface area contributed by atoms with Crippen LogP contribution >= 0.6 is 27.5 Å². The smallest absolute Gasteiger partial charge is 0.150 e. The van der Waals surface area contributed by atoms with Crippen LogP contribution in [0.25, 0.3) is 0 Å². The lowest BCUT2D eigenvalue weighted by Gasteiger charge is -2.12. The minimum absolute atomic E-state index is 0.300. The van der Waals surface area contributed by atoms with Crippen LogP contribution in [-0.2, 0) is 6.54 Å². The molecule has 2 nitrogen and oxygen atoms in total. The zero-order valence-corrected chi connectivity index (χ0v) is 11.6. The van der Waals surface area contributed by atoms with Crippen LogP contribution in [0.5, 0.6) is 11.5 Å². The van der Waals surface area contributed by atoms with Gasteiger partial charge in [-0.1, -0.05) is 23.7 Å². The van der Waals surface area contributed by atoms with E-state index in [0.717, 1.165) is 5.56 Å². The van der Waals surface area contributed by atoms with E-state index < -0.39 is 5.82 Å². The maximum absolute atomic E-state index is 13.4. The van der Waals surface area contributed by atoms with E-state index in [1.54, 1.807) is 24.3 Å². The van der Waals surface area contributed by atoms with E-state index in [0.29, 0.717) is 27.5 Å². The van der Waals surface area contributed by atoms with Crippen molar-refractivity contribution in [1.29, 1.82) is 0 Å². The number of rotatable bonds is 3. The van der Waals surface area contributed by atoms with E-state index in [1.807, 2.05) is 6.07 Å². The first-order chi connectivity index (χ1) is 8.61. The van der Waals surface area contributed by atoms with Crippen molar-refractivity contribution in [2.24, 2.45) is 5.73 Å². The van der Waals surface area contributed by atoms with Crippen molar-refractivity contribution >= 4 is 27.5 Å². The van der Waals surface area contributed by atoms with Gasteiger partial charge in [-0.3, -0.25) is 0 Å². The maximum Gasteiger partial charge on any atom is 0.150 e. The molecule has 5 heteroatoms. The van der Waals surface area contributed by atoms with E-state index in [4.69, 9.17) is 22.1 Å². The second kappa shape index (κ2) is 5.69. The predicted octanol–water partition coefficient (Wildman–Crippen LogP) is 4.49. The summed E-state index contributed by atoms with van der Waals surface area (Å²) in [7, 11) is 0. The van der Waals surface area contributed by atoms with Gasteiger partial charge < -0.3 is 10.5 Å². The molecule has 0 aliphatic heterocycles. The van der Waals surface area contributed by atoms with Crippen molar-refractivity contribution in [2.75, 3.05) is 0 Å². The zero-order valence-electron chi connectivity index (χ0n) is 9.29. The molecule has 0 aliphatic carbocycles. The van der Waals surface area contributed by atoms with E-state index in [1.165, 1.54) is 6.07 Å². The predicted molar refractivity (Wildman–Crippen MR) is 73.5 cm³/mol. The Kier molecular flexibility index (Phi) is 4.22. The molecule has 0 saturated carbocycles. The summed E-state index contributed by atoms with van der Waals surface area (Å²) in [6.45, 7) is 0.300. The second-order valence-electron chi connectivity index (χ2n) is 3.61. The maximum atomic E-state index is 13.4. The van der Waals surface area contributed by atoms with Crippen molar-refractivity contribution in [3.63, 3.8) is 0 Å². The molecule has 18 heavy (non-hydrogen) atoms. The number of hydrogen-bond acceptors (Lipinski definition) is 2. The minimum Gasteiger partial charge on any atom is -0.455 e. The highest BCUT2D eigenvalue weighted by molar-refractivity contribution is 9.10. The molecule has 0 spiro atoms. The van der Waals surface area contributed by atoms with Gasteiger partial charge in [0.15, 0.2) is 0 Å². The van der Waals surface area contributed by atoms with Crippen molar-refractivity contribution in [2.45, 2.75) is 6.54 Å². The average Bonchev–Trinajstić information content (AvgIpc) is 2.36. The summed E-state index contributed by atoms with van der Waals surface area (Å²) >= 11 is 9.13. The van der Waals surface area contributed by atoms with Crippen LogP contribution in [-0.4, -0.2) is 0 Å². The Morgan fingerprint density at radius 1 is 1.28 bits per heavy atom. The third kappa shape index (κ3) is 2.83. The quantitative estimate of drug-likeness (QED) is 0.899. The van der Waals surface area contributed by atoms with Crippen molar-refractivity contribution in [3.8, 4) is 11.5 Å². The SMILES string of the molecule is NCc1cccc(Cl)c1Oc1ccc(Br)c(F)c1. The van der Waals surface area contributed by atoms with Crippen LogP contribution in [0.2, 0.25) is 5.02 Å². The molecule has 2 rings (SSSR count). The molecule has 0 amide bonds. The lowest BCUT2D eigenvalue weighted by atomic mass is 10.2. The molecule has 0 heterocycles. The molecule has 0 saturated heterocycles. The van der Waals surface area contributed by atoms with Gasteiger partial charge in [0, 0.05) is 18.2 Å². The molecule has 0 fully saturated rings. The Hall–Kier alpha value is -1.10. The Labute approximate surface area is 118 Å². The summed E-state index contributed by atoms with van der Waals surface area (Å²) in [6.07, 6.45) is 0. The molecule has 0 aromatic heterocycles. The molecule has 0 bridgehead atoms. The number of hydrogen-bond donors (Lipinski definition) is 1. The number of ether oxygens (including phenoxy) is 1. The van der Waals surface area contributed by atoms with Gasteiger partial charge in [0.1, 0.15) is 17.3 Å². The molecule has 0 aliphatic rings. The largest absolute Gasteiger partial charge is 0.455 e. The lowest BCUT2D eigenvalue weighted by molar-refractivity contribution is 0.470. The van der Waals surface area contributed by atoms with Crippen LogP contribution in [0.4, 0.5) is 4.39 Å². The first kappa shape index (κ1) is 13.3. The Morgan fingerprint density at radius 3 is 2.72 bits per heavy atom. The van der Waals surface area contributed by atoms with Gasteiger partial charge in [-0.15, -0.1) is 0 Å². The molecule has 0 radical (unpaired) electrons. The van der Waals surface area contributed by atoms with Crippen molar-refractivity contribution in [1.82, 2.24) is 0 Å². The summed E-state index contributed by atoms with van der Waals surface area (Å²) in [6, 6.07) is 9.81. The summed E-state index contributed by atoms with van der Waals surface area (Å²) in [5, 5.41) is 0.446. The van der Waals surface area contributed by atoms with Gasteiger partial charge in [-0.05, 0) is 34.1 Å². The molecule has 2 aromatic carbocycles. The Balaban J connectivity index is 2.36. The minimum atomic E-state index is -0.395. The topological polar surface area (TPSA) is 35.2 Å². The van der Waals surface area contributed by atoms with Gasteiger partial charge in [0.05, 0.1) is 9.50 Å². The van der Waals surface area contributed by atoms with Gasteiger partial charge in [0.2, 0.25) is 0 Å². The number of nitrogens with two attached hydrogens (primary N) is 1. The fourth-order valence-electron chi connectivity index (χ4n) is 1.49. The lowest BCUT2D eigenvalue weighted by Crippen LogP contribution is -2.00. The zero-order chi connectivity index (χ0) is 13.1. The molecule has 0 unspecified atom stereocenters. The standard InChI is InChI=1S/C13H10BrClFNO/c14-10-5-4-9(6-12(10)16)18-13-8(7-17)2-1-3-11(13)15/h1-6H,7,17H2. The highest BCUT2D eigenvalue weighted by Gasteiger charge is 2.09. The second-order valence-corrected chi connectivity index (χ2v) is 4.87. The van der Waals surface area contributed by atoms with Crippen molar-refractivity contribution in [3.05, 3.63) is 57.3 Å². The normalized spacial score (nSPS) is 10.4. The molecule has 0 atom stereocenters. The van der Waals surface area contributed by atoms with Crippen LogP contribution in [0.1, 0.15) is 5.56 Å². The van der Waals surface area contributed by atoms with Crippen LogP contribution in [0.15, 0.2) is 40.9 Å². The highest BCUT2D eigenvalue weighted by atomic mass is 79.9. The van der Waals surface area contributed by atoms with Gasteiger partial charge in [0.25, 0.3) is 0 Å². The third-order valence-corrected chi connectivity index (χ3v) is 3.32. The van der Waals surface area contributed by atoms with Crippen LogP contribution < -0.4 is 10.5 Å². The molecule has 94 valence electrons. The van der Waals surface area contributed by atoms with Crippen LogP contribution in [0.3, 0.4) is 0 Å². The first-order valence-corrected chi connectivity index (χ1v) is 6.39. The average molecular weight is 331 g/mol. The van der Waals surface area contributed by atoms with E-state index in [2.05, 4.69) is 15.9 Å². The fraction of sp³-hybridized carbons (Fsp3) is 0.0769. The van der Waals surface area contributed by atoms with E-state index in [-0.39, 0.29) is 0 Å². The molecule has 2 aromatic rings. The fourth-order valence-corrected chi connectivity index (χ4v) is 1.97. The van der Waals surface area contributed by atoms with Gasteiger partial charge >= 0.3 is 0 Å². The number of halogens is 3. The molecular formula is C13H10BrClFNO. The summed E-state index contributed by atoms with van der Waals surface area (Å²) in [5.74, 6) is 0.441. The number of benzene rings is 2. The van der Waals surface area contributed by atoms with E-state index in [9.17, 15) is 4.39 Å². The van der Waals surface area contributed by atoms with Gasteiger partial charge in [-0.2, -0.15) is 0 Å². The van der Waals surface area contributed by atoms with Crippen LogP contribution in [0, 0.1) is 5.82 Å². The van der Waals surface area contributed by atoms with Crippen molar-refractivity contribution < 1.29 is 9.13 Å². The number of para-hydroxylation sites is 1. The summed E-state index contributed by atoms with van der Waals surface area (Å²) in [5.41, 5.74) is 6.38. The third-order valence-electron chi connectivity index (χ3n) is 2.38. The van der Waals surface area contributed by atoms with Gasteiger partial charge in [-0.25, -0.2) is 4.39 Å².